The van der Waals surface area contributed by atoms with Crippen LogP contribution in [0.5, 0.6) is 0 Å². The van der Waals surface area contributed by atoms with E-state index in [1.54, 1.807) is 20.0 Å². The number of nitro benzene ring substituents is 1. The highest BCUT2D eigenvalue weighted by Gasteiger charge is 2.15. The number of carbonyl (C=O) groups is 1. The van der Waals surface area contributed by atoms with Gasteiger partial charge in [0.15, 0.2) is 0 Å². The topological polar surface area (TPSA) is 87.3 Å². The van der Waals surface area contributed by atoms with E-state index in [4.69, 9.17) is 16.3 Å². The SMILES string of the molecule is Cc1cc(C(=O)OCc2ccc([N+](=O)[O-])cc2Cl)n(C)n1. The van der Waals surface area contributed by atoms with Crippen molar-refractivity contribution in [1.82, 2.24) is 9.78 Å². The average Bonchev–Trinajstić information content (AvgIpc) is 2.75. The van der Waals surface area contributed by atoms with Crippen molar-refractivity contribution in [2.45, 2.75) is 13.5 Å². The van der Waals surface area contributed by atoms with Gasteiger partial charge in [-0.1, -0.05) is 11.6 Å². The number of hydrogen-bond acceptors (Lipinski definition) is 5. The summed E-state index contributed by atoms with van der Waals surface area (Å²) in [6, 6.07) is 5.60. The lowest BCUT2D eigenvalue weighted by Gasteiger charge is -2.06. The molecule has 0 atom stereocenters. The van der Waals surface area contributed by atoms with Crippen LogP contribution in [0.25, 0.3) is 0 Å². The first-order chi connectivity index (χ1) is 9.88. The Morgan fingerprint density at radius 2 is 2.19 bits per heavy atom. The average molecular weight is 310 g/mol. The lowest BCUT2D eigenvalue weighted by Crippen LogP contribution is -2.10. The number of esters is 1. The third kappa shape index (κ3) is 3.38. The van der Waals surface area contributed by atoms with Crippen LogP contribution >= 0.6 is 11.6 Å². The van der Waals surface area contributed by atoms with Crippen LogP contribution < -0.4 is 0 Å². The van der Waals surface area contributed by atoms with Gasteiger partial charge in [0.1, 0.15) is 12.3 Å². The summed E-state index contributed by atoms with van der Waals surface area (Å²) in [6.07, 6.45) is 0. The molecule has 0 spiro atoms. The number of nitrogens with zero attached hydrogens (tertiary/aromatic N) is 3. The van der Waals surface area contributed by atoms with Gasteiger partial charge < -0.3 is 4.74 Å². The number of non-ortho nitro benzene ring substituents is 1. The van der Waals surface area contributed by atoms with Crippen LogP contribution in [-0.2, 0) is 18.4 Å². The molecule has 0 aliphatic heterocycles. The maximum absolute atomic E-state index is 11.9. The van der Waals surface area contributed by atoms with E-state index in [-0.39, 0.29) is 17.3 Å². The van der Waals surface area contributed by atoms with Gasteiger partial charge in [-0.3, -0.25) is 14.8 Å². The highest BCUT2D eigenvalue weighted by molar-refractivity contribution is 6.31. The van der Waals surface area contributed by atoms with Gasteiger partial charge in [0.25, 0.3) is 5.69 Å². The zero-order chi connectivity index (χ0) is 15.6. The molecule has 0 amide bonds. The molecular formula is C13H12ClN3O4. The number of aromatic nitrogens is 2. The van der Waals surface area contributed by atoms with Crippen LogP contribution in [0.2, 0.25) is 5.02 Å². The summed E-state index contributed by atoms with van der Waals surface area (Å²) in [6.45, 7) is 1.70. The fraction of sp³-hybridized carbons (Fsp3) is 0.231. The molecule has 1 aromatic carbocycles. The summed E-state index contributed by atoms with van der Waals surface area (Å²) in [5.41, 5.74) is 1.41. The molecule has 1 aromatic heterocycles. The summed E-state index contributed by atoms with van der Waals surface area (Å²) < 4.78 is 6.56. The van der Waals surface area contributed by atoms with Crippen molar-refractivity contribution in [3.63, 3.8) is 0 Å². The standard InChI is InChI=1S/C13H12ClN3O4/c1-8-5-12(16(2)15-8)13(18)21-7-9-3-4-10(17(19)20)6-11(9)14/h3-6H,7H2,1-2H3. The van der Waals surface area contributed by atoms with Crippen molar-refractivity contribution in [1.29, 1.82) is 0 Å². The van der Waals surface area contributed by atoms with Gasteiger partial charge in [0.05, 0.1) is 15.6 Å². The summed E-state index contributed by atoms with van der Waals surface area (Å²) in [4.78, 5) is 22.0. The lowest BCUT2D eigenvalue weighted by molar-refractivity contribution is -0.384. The Morgan fingerprint density at radius 3 is 2.71 bits per heavy atom. The Hall–Kier alpha value is -2.41. The van der Waals surface area contributed by atoms with Crippen molar-refractivity contribution < 1.29 is 14.5 Å². The number of halogens is 1. The van der Waals surface area contributed by atoms with E-state index >= 15 is 0 Å². The Kier molecular flexibility index (Phi) is 4.23. The van der Waals surface area contributed by atoms with Crippen molar-refractivity contribution in [2.75, 3.05) is 0 Å². The van der Waals surface area contributed by atoms with E-state index in [2.05, 4.69) is 5.10 Å². The smallest absolute Gasteiger partial charge is 0.356 e. The molecule has 0 bridgehead atoms. The van der Waals surface area contributed by atoms with Crippen molar-refractivity contribution in [3.8, 4) is 0 Å². The fourth-order valence-corrected chi connectivity index (χ4v) is 2.02. The molecule has 0 radical (unpaired) electrons. The first kappa shape index (κ1) is 15.0. The largest absolute Gasteiger partial charge is 0.456 e. The number of hydrogen-bond donors (Lipinski definition) is 0. The van der Waals surface area contributed by atoms with E-state index in [1.165, 1.54) is 22.9 Å². The Balaban J connectivity index is 2.08. The normalized spacial score (nSPS) is 10.4. The molecular weight excluding hydrogens is 298 g/mol. The van der Waals surface area contributed by atoms with Gasteiger partial charge in [-0.05, 0) is 19.1 Å². The highest BCUT2D eigenvalue weighted by Crippen LogP contribution is 2.23. The quantitative estimate of drug-likeness (QED) is 0.492. The molecule has 0 aliphatic carbocycles. The van der Waals surface area contributed by atoms with Gasteiger partial charge in [-0.2, -0.15) is 5.10 Å². The van der Waals surface area contributed by atoms with E-state index in [9.17, 15) is 14.9 Å². The number of benzene rings is 1. The molecule has 1 heterocycles. The summed E-state index contributed by atoms with van der Waals surface area (Å²) in [5, 5.41) is 14.8. The van der Waals surface area contributed by atoms with Crippen molar-refractivity contribution >= 4 is 23.3 Å². The van der Waals surface area contributed by atoms with Crippen LogP contribution in [0.3, 0.4) is 0 Å². The van der Waals surface area contributed by atoms with E-state index in [0.29, 0.717) is 17.0 Å². The minimum atomic E-state index is -0.542. The predicted molar refractivity (Wildman–Crippen MR) is 75.2 cm³/mol. The van der Waals surface area contributed by atoms with Gasteiger partial charge in [0.2, 0.25) is 0 Å². The van der Waals surface area contributed by atoms with Gasteiger partial charge in [-0.15, -0.1) is 0 Å². The maximum Gasteiger partial charge on any atom is 0.356 e. The molecule has 2 aromatic rings. The second-order valence-corrected chi connectivity index (χ2v) is 4.81. The summed E-state index contributed by atoms with van der Waals surface area (Å²) >= 11 is 5.93. The monoisotopic (exact) mass is 309 g/mol. The highest BCUT2D eigenvalue weighted by atomic mass is 35.5. The Morgan fingerprint density at radius 1 is 1.48 bits per heavy atom. The Bertz CT molecular complexity index is 711. The molecule has 0 aliphatic rings. The summed E-state index contributed by atoms with van der Waals surface area (Å²) in [7, 11) is 1.64. The van der Waals surface area contributed by atoms with Crippen LogP contribution in [0.4, 0.5) is 5.69 Å². The molecule has 0 fully saturated rings. The van der Waals surface area contributed by atoms with Crippen LogP contribution in [0.15, 0.2) is 24.3 Å². The van der Waals surface area contributed by atoms with E-state index < -0.39 is 10.9 Å². The second-order valence-electron chi connectivity index (χ2n) is 4.40. The molecule has 2 rings (SSSR count). The number of aryl methyl sites for hydroxylation is 2. The number of ether oxygens (including phenoxy) is 1. The second kappa shape index (κ2) is 5.92. The van der Waals surface area contributed by atoms with Gasteiger partial charge >= 0.3 is 5.97 Å². The zero-order valence-corrected chi connectivity index (χ0v) is 12.1. The summed E-state index contributed by atoms with van der Waals surface area (Å²) in [5.74, 6) is -0.535. The molecule has 8 heteroatoms. The maximum atomic E-state index is 11.9. The van der Waals surface area contributed by atoms with Crippen LogP contribution in [-0.4, -0.2) is 20.7 Å². The molecule has 7 nitrogen and oxygen atoms in total. The van der Waals surface area contributed by atoms with E-state index in [1.807, 2.05) is 0 Å². The molecule has 0 saturated heterocycles. The first-order valence-corrected chi connectivity index (χ1v) is 6.37. The van der Waals surface area contributed by atoms with Crippen molar-refractivity contribution in [3.05, 3.63) is 56.4 Å². The third-order valence-electron chi connectivity index (χ3n) is 2.82. The molecule has 0 N–H and O–H groups in total. The molecule has 0 unspecified atom stereocenters. The first-order valence-electron chi connectivity index (χ1n) is 5.99. The van der Waals surface area contributed by atoms with Gasteiger partial charge in [0, 0.05) is 24.7 Å². The van der Waals surface area contributed by atoms with Crippen LogP contribution in [0, 0.1) is 17.0 Å². The number of carbonyl (C=O) groups excluding carboxylic acids is 1. The van der Waals surface area contributed by atoms with Crippen LogP contribution in [0.1, 0.15) is 21.7 Å². The molecule has 0 saturated carbocycles. The van der Waals surface area contributed by atoms with Gasteiger partial charge in [-0.25, -0.2) is 4.79 Å². The zero-order valence-electron chi connectivity index (χ0n) is 11.4. The molecule has 21 heavy (non-hydrogen) atoms. The minimum absolute atomic E-state index is 0.0696. The minimum Gasteiger partial charge on any atom is -0.456 e. The predicted octanol–water partition coefficient (Wildman–Crippen LogP) is 2.65. The molecule has 110 valence electrons. The third-order valence-corrected chi connectivity index (χ3v) is 3.17. The lowest BCUT2D eigenvalue weighted by atomic mass is 10.2. The van der Waals surface area contributed by atoms with E-state index in [0.717, 1.165) is 0 Å². The van der Waals surface area contributed by atoms with Crippen molar-refractivity contribution in [2.24, 2.45) is 7.05 Å². The number of nitro groups is 1. The fourth-order valence-electron chi connectivity index (χ4n) is 1.79. The number of rotatable bonds is 4. The Labute approximate surface area is 125 Å².